The molecule has 15 heavy (non-hydrogen) atoms. The molecule has 1 saturated carbocycles. The molecule has 0 aromatic carbocycles. The van der Waals surface area contributed by atoms with Gasteiger partial charge in [0.2, 0.25) is 0 Å². The highest BCUT2D eigenvalue weighted by Crippen LogP contribution is 2.40. The van der Waals surface area contributed by atoms with Crippen LogP contribution in [0.3, 0.4) is 0 Å². The van der Waals surface area contributed by atoms with Gasteiger partial charge in [-0.1, -0.05) is 20.8 Å². The SMILES string of the molecule is C#CCCC[C@H]1CC[C@@H](C(C)(C)C)C1=O. The molecule has 1 aliphatic carbocycles. The molecule has 0 aliphatic heterocycles. The van der Waals surface area contributed by atoms with Gasteiger partial charge in [-0.3, -0.25) is 4.79 Å². The summed E-state index contributed by atoms with van der Waals surface area (Å²) in [6.45, 7) is 6.50. The summed E-state index contributed by atoms with van der Waals surface area (Å²) in [5.74, 6) is 3.69. The van der Waals surface area contributed by atoms with Crippen LogP contribution in [0.25, 0.3) is 0 Å². The predicted octanol–water partition coefficient (Wildman–Crippen LogP) is 3.43. The van der Waals surface area contributed by atoms with E-state index in [4.69, 9.17) is 6.42 Å². The van der Waals surface area contributed by atoms with E-state index in [2.05, 4.69) is 26.7 Å². The lowest BCUT2D eigenvalue weighted by Crippen LogP contribution is -2.26. The van der Waals surface area contributed by atoms with Gasteiger partial charge in [0.25, 0.3) is 0 Å². The van der Waals surface area contributed by atoms with Crippen molar-refractivity contribution in [3.63, 3.8) is 0 Å². The molecule has 1 heteroatoms. The van der Waals surface area contributed by atoms with Gasteiger partial charge in [-0.2, -0.15) is 0 Å². The van der Waals surface area contributed by atoms with Crippen molar-refractivity contribution in [3.05, 3.63) is 0 Å². The average molecular weight is 206 g/mol. The second-order valence-electron chi connectivity index (χ2n) is 5.69. The number of carbonyl (C=O) groups excluding carboxylic acids is 1. The molecule has 1 fully saturated rings. The van der Waals surface area contributed by atoms with Gasteiger partial charge in [0.15, 0.2) is 0 Å². The van der Waals surface area contributed by atoms with Crippen molar-refractivity contribution in [2.45, 2.75) is 52.9 Å². The first kappa shape index (κ1) is 12.3. The minimum absolute atomic E-state index is 0.137. The lowest BCUT2D eigenvalue weighted by molar-refractivity contribution is -0.126. The Morgan fingerprint density at radius 3 is 2.53 bits per heavy atom. The van der Waals surface area contributed by atoms with Crippen LogP contribution in [0.1, 0.15) is 52.9 Å². The number of Topliss-reactive ketones (excluding diaryl/α,β-unsaturated/α-hetero) is 1. The van der Waals surface area contributed by atoms with Gasteiger partial charge < -0.3 is 0 Å². The van der Waals surface area contributed by atoms with Gasteiger partial charge in [0.1, 0.15) is 5.78 Å². The van der Waals surface area contributed by atoms with Gasteiger partial charge in [0.05, 0.1) is 0 Å². The zero-order valence-electron chi connectivity index (χ0n) is 10.2. The second kappa shape index (κ2) is 4.84. The average Bonchev–Trinajstić information content (AvgIpc) is 2.47. The van der Waals surface area contributed by atoms with Crippen molar-refractivity contribution in [1.29, 1.82) is 0 Å². The van der Waals surface area contributed by atoms with Crippen molar-refractivity contribution in [2.24, 2.45) is 17.3 Å². The molecule has 1 aliphatic rings. The molecule has 2 atom stereocenters. The van der Waals surface area contributed by atoms with E-state index in [0.29, 0.717) is 11.7 Å². The topological polar surface area (TPSA) is 17.1 Å². The van der Waals surface area contributed by atoms with E-state index in [0.717, 1.165) is 32.1 Å². The first-order valence-corrected chi connectivity index (χ1v) is 5.94. The normalized spacial score (nSPS) is 26.7. The molecule has 0 unspecified atom stereocenters. The number of hydrogen-bond acceptors (Lipinski definition) is 1. The number of rotatable bonds is 3. The lowest BCUT2D eigenvalue weighted by atomic mass is 9.78. The third-order valence-corrected chi connectivity index (χ3v) is 3.47. The van der Waals surface area contributed by atoms with Crippen LogP contribution in [0.15, 0.2) is 0 Å². The maximum Gasteiger partial charge on any atom is 0.139 e. The van der Waals surface area contributed by atoms with E-state index in [1.54, 1.807) is 0 Å². The van der Waals surface area contributed by atoms with Gasteiger partial charge in [0, 0.05) is 18.3 Å². The Kier molecular flexibility index (Phi) is 3.97. The number of terminal acetylenes is 1. The molecule has 0 heterocycles. The van der Waals surface area contributed by atoms with Crippen LogP contribution in [0, 0.1) is 29.6 Å². The molecule has 84 valence electrons. The van der Waals surface area contributed by atoms with Crippen molar-refractivity contribution in [2.75, 3.05) is 0 Å². The summed E-state index contributed by atoms with van der Waals surface area (Å²) in [5.41, 5.74) is 0.137. The zero-order valence-corrected chi connectivity index (χ0v) is 10.2. The van der Waals surface area contributed by atoms with Crippen LogP contribution in [-0.2, 0) is 4.79 Å². The molecule has 0 spiro atoms. The van der Waals surface area contributed by atoms with Crippen LogP contribution < -0.4 is 0 Å². The Balaban J connectivity index is 2.47. The van der Waals surface area contributed by atoms with Crippen LogP contribution in [0.5, 0.6) is 0 Å². The summed E-state index contributed by atoms with van der Waals surface area (Å²) in [6.07, 6.45) is 10.2. The fourth-order valence-electron chi connectivity index (χ4n) is 2.53. The fourth-order valence-corrected chi connectivity index (χ4v) is 2.53. The van der Waals surface area contributed by atoms with Gasteiger partial charge >= 0.3 is 0 Å². The van der Waals surface area contributed by atoms with Crippen LogP contribution in [0.4, 0.5) is 0 Å². The smallest absolute Gasteiger partial charge is 0.139 e. The Morgan fingerprint density at radius 2 is 2.07 bits per heavy atom. The largest absolute Gasteiger partial charge is 0.299 e. The summed E-state index contributed by atoms with van der Waals surface area (Å²) < 4.78 is 0. The molecule has 1 rings (SSSR count). The number of hydrogen-bond donors (Lipinski definition) is 0. The molecule has 0 saturated heterocycles. The maximum atomic E-state index is 12.1. The van der Waals surface area contributed by atoms with Gasteiger partial charge in [-0.15, -0.1) is 12.3 Å². The van der Waals surface area contributed by atoms with E-state index in [1.165, 1.54) is 0 Å². The van der Waals surface area contributed by atoms with Crippen molar-refractivity contribution in [3.8, 4) is 12.3 Å². The monoisotopic (exact) mass is 206 g/mol. The van der Waals surface area contributed by atoms with Gasteiger partial charge in [-0.05, 0) is 31.1 Å². The first-order valence-electron chi connectivity index (χ1n) is 5.94. The highest BCUT2D eigenvalue weighted by Gasteiger charge is 2.40. The van der Waals surface area contributed by atoms with E-state index >= 15 is 0 Å². The van der Waals surface area contributed by atoms with Crippen molar-refractivity contribution >= 4 is 5.78 Å². The molecule has 0 bridgehead atoms. The van der Waals surface area contributed by atoms with E-state index < -0.39 is 0 Å². The minimum Gasteiger partial charge on any atom is -0.299 e. The van der Waals surface area contributed by atoms with Gasteiger partial charge in [-0.25, -0.2) is 0 Å². The summed E-state index contributed by atoms with van der Waals surface area (Å²) >= 11 is 0. The Hall–Kier alpha value is -0.770. The summed E-state index contributed by atoms with van der Waals surface area (Å²) in [5, 5.41) is 0. The number of unbranched alkanes of at least 4 members (excludes halogenated alkanes) is 1. The summed E-state index contributed by atoms with van der Waals surface area (Å²) in [7, 11) is 0. The van der Waals surface area contributed by atoms with Crippen molar-refractivity contribution in [1.82, 2.24) is 0 Å². The molecule has 0 N–H and O–H groups in total. The number of carbonyl (C=O) groups is 1. The first-order chi connectivity index (χ1) is 6.96. The lowest BCUT2D eigenvalue weighted by Gasteiger charge is -2.25. The molecule has 0 aromatic rings. The van der Waals surface area contributed by atoms with E-state index in [-0.39, 0.29) is 11.3 Å². The highest BCUT2D eigenvalue weighted by atomic mass is 16.1. The van der Waals surface area contributed by atoms with Crippen LogP contribution in [-0.4, -0.2) is 5.78 Å². The highest BCUT2D eigenvalue weighted by molar-refractivity contribution is 5.86. The molecular weight excluding hydrogens is 184 g/mol. The third kappa shape index (κ3) is 3.09. The standard InChI is InChI=1S/C14H22O/c1-5-6-7-8-11-9-10-12(13(11)15)14(2,3)4/h1,11-12H,6-10H2,2-4H3/t11-,12+/m0/s1. The third-order valence-electron chi connectivity index (χ3n) is 3.47. The summed E-state index contributed by atoms with van der Waals surface area (Å²) in [4.78, 5) is 12.1. The van der Waals surface area contributed by atoms with Crippen LogP contribution >= 0.6 is 0 Å². The van der Waals surface area contributed by atoms with E-state index in [9.17, 15) is 4.79 Å². The molecule has 1 nitrogen and oxygen atoms in total. The molecule has 0 amide bonds. The predicted molar refractivity (Wildman–Crippen MR) is 63.4 cm³/mol. The number of ketones is 1. The summed E-state index contributed by atoms with van der Waals surface area (Å²) in [6, 6.07) is 0. The Labute approximate surface area is 93.6 Å². The molecule has 0 radical (unpaired) electrons. The zero-order chi connectivity index (χ0) is 11.5. The second-order valence-corrected chi connectivity index (χ2v) is 5.69. The van der Waals surface area contributed by atoms with E-state index in [1.807, 2.05) is 0 Å². The maximum absolute atomic E-state index is 12.1. The molecular formula is C14H22O. The fraction of sp³-hybridized carbons (Fsp3) is 0.786. The van der Waals surface area contributed by atoms with Crippen LogP contribution in [0.2, 0.25) is 0 Å². The van der Waals surface area contributed by atoms with Crippen molar-refractivity contribution < 1.29 is 4.79 Å². The quantitative estimate of drug-likeness (QED) is 0.510. The Morgan fingerprint density at radius 1 is 1.40 bits per heavy atom. The molecule has 0 aromatic heterocycles. The Bertz CT molecular complexity index is 264. The minimum atomic E-state index is 0.137.